The van der Waals surface area contributed by atoms with Crippen molar-refractivity contribution in [1.82, 2.24) is 10.2 Å². The van der Waals surface area contributed by atoms with Gasteiger partial charge in [0.15, 0.2) is 0 Å². The van der Waals surface area contributed by atoms with Gasteiger partial charge in [-0.2, -0.15) is 5.10 Å². The molecular formula is C8H12ClN3O3. The Hall–Kier alpha value is -1.11. The van der Waals surface area contributed by atoms with Crippen molar-refractivity contribution in [2.24, 2.45) is 0 Å². The van der Waals surface area contributed by atoms with Crippen LogP contribution >= 0.6 is 11.6 Å². The molecule has 3 N–H and O–H groups in total. The van der Waals surface area contributed by atoms with Crippen LogP contribution in [0.5, 0.6) is 0 Å². The Labute approximate surface area is 91.2 Å². The van der Waals surface area contributed by atoms with Crippen LogP contribution < -0.4 is 10.9 Å². The number of ether oxygens (including phenoxy) is 1. The molecule has 0 fully saturated rings. The van der Waals surface area contributed by atoms with Crippen molar-refractivity contribution in [3.05, 3.63) is 21.6 Å². The first kappa shape index (κ1) is 12.0. The minimum atomic E-state index is -0.662. The number of nitrogens with zero attached hydrogens (tertiary/aromatic N) is 1. The highest BCUT2D eigenvalue weighted by molar-refractivity contribution is 6.32. The largest absolute Gasteiger partial charge is 0.389 e. The van der Waals surface area contributed by atoms with E-state index in [1.54, 1.807) is 0 Å². The molecule has 0 aliphatic rings. The van der Waals surface area contributed by atoms with Crippen LogP contribution in [0.3, 0.4) is 0 Å². The molecule has 84 valence electrons. The summed E-state index contributed by atoms with van der Waals surface area (Å²) in [4.78, 5) is 11.0. The lowest BCUT2D eigenvalue weighted by Gasteiger charge is -2.11. The molecule has 0 saturated carbocycles. The Morgan fingerprint density at radius 2 is 2.53 bits per heavy atom. The first-order chi connectivity index (χ1) is 7.15. The molecule has 6 nitrogen and oxygen atoms in total. The van der Waals surface area contributed by atoms with Crippen LogP contribution in [-0.2, 0) is 4.74 Å². The first-order valence-corrected chi connectivity index (χ1v) is 4.67. The standard InChI is InChI=1S/C8H12ClN3O3/c1-15-4-5(13)2-10-6-3-11-12-8(14)7(6)9/h3,5,13H,2,4H2,1H3,(H2,10,12,14). The molecule has 0 aliphatic heterocycles. The van der Waals surface area contributed by atoms with Gasteiger partial charge in [0.1, 0.15) is 5.02 Å². The number of nitrogens with one attached hydrogen (secondary N) is 2. The Balaban J connectivity index is 2.58. The van der Waals surface area contributed by atoms with Crippen LogP contribution in [-0.4, -0.2) is 41.7 Å². The first-order valence-electron chi connectivity index (χ1n) is 4.29. The summed E-state index contributed by atoms with van der Waals surface area (Å²) >= 11 is 5.69. The fourth-order valence-electron chi connectivity index (χ4n) is 0.986. The van der Waals surface area contributed by atoms with Gasteiger partial charge in [0.2, 0.25) is 0 Å². The topological polar surface area (TPSA) is 87.2 Å². The second-order valence-electron chi connectivity index (χ2n) is 2.92. The normalized spacial score (nSPS) is 12.5. The third-order valence-electron chi connectivity index (χ3n) is 1.68. The SMILES string of the molecule is COCC(O)CNc1cn[nH]c(=O)c1Cl. The number of rotatable bonds is 5. The van der Waals surface area contributed by atoms with E-state index < -0.39 is 11.7 Å². The van der Waals surface area contributed by atoms with E-state index in [0.717, 1.165) is 0 Å². The number of H-pyrrole nitrogens is 1. The van der Waals surface area contributed by atoms with Gasteiger partial charge in [-0.05, 0) is 0 Å². The number of aliphatic hydroxyl groups excluding tert-OH is 1. The third-order valence-corrected chi connectivity index (χ3v) is 2.06. The summed E-state index contributed by atoms with van der Waals surface area (Å²) in [5.41, 5.74) is -0.0848. The predicted octanol–water partition coefficient (Wildman–Crippen LogP) is -0.158. The van der Waals surface area contributed by atoms with Gasteiger partial charge in [-0.1, -0.05) is 11.6 Å². The zero-order valence-electron chi connectivity index (χ0n) is 8.16. The summed E-state index contributed by atoms with van der Waals surface area (Å²) in [6.07, 6.45) is 0.717. The maximum Gasteiger partial charge on any atom is 0.285 e. The molecule has 1 unspecified atom stereocenters. The van der Waals surface area contributed by atoms with E-state index in [1.807, 2.05) is 0 Å². The van der Waals surface area contributed by atoms with Gasteiger partial charge in [0.05, 0.1) is 24.6 Å². The van der Waals surface area contributed by atoms with Crippen LogP contribution in [0, 0.1) is 0 Å². The molecule has 0 saturated heterocycles. The highest BCUT2D eigenvalue weighted by atomic mass is 35.5. The molecule has 1 heterocycles. The number of aromatic amines is 1. The van der Waals surface area contributed by atoms with E-state index in [4.69, 9.17) is 16.3 Å². The maximum atomic E-state index is 11.0. The van der Waals surface area contributed by atoms with Crippen LogP contribution in [0.25, 0.3) is 0 Å². The van der Waals surface area contributed by atoms with Gasteiger partial charge < -0.3 is 15.2 Å². The van der Waals surface area contributed by atoms with E-state index in [9.17, 15) is 9.90 Å². The van der Waals surface area contributed by atoms with E-state index >= 15 is 0 Å². The number of hydrogen-bond acceptors (Lipinski definition) is 5. The van der Waals surface area contributed by atoms with E-state index in [2.05, 4.69) is 15.5 Å². The maximum absolute atomic E-state index is 11.0. The highest BCUT2D eigenvalue weighted by Gasteiger charge is 2.07. The minimum absolute atomic E-state index is 0.0228. The number of halogens is 1. The molecule has 1 aromatic rings. The van der Waals surface area contributed by atoms with E-state index in [1.165, 1.54) is 13.3 Å². The molecule has 1 rings (SSSR count). The number of hydrogen-bond donors (Lipinski definition) is 3. The van der Waals surface area contributed by atoms with Crippen molar-refractivity contribution < 1.29 is 9.84 Å². The Morgan fingerprint density at radius 3 is 3.20 bits per heavy atom. The van der Waals surface area contributed by atoms with Crippen LogP contribution in [0.15, 0.2) is 11.0 Å². The van der Waals surface area contributed by atoms with Crippen molar-refractivity contribution in [1.29, 1.82) is 0 Å². The second-order valence-corrected chi connectivity index (χ2v) is 3.29. The van der Waals surface area contributed by atoms with Gasteiger partial charge in [-0.25, -0.2) is 5.10 Å². The van der Waals surface area contributed by atoms with E-state index in [0.29, 0.717) is 5.69 Å². The number of methoxy groups -OCH3 is 1. The summed E-state index contributed by atoms with van der Waals surface area (Å²) in [7, 11) is 1.49. The molecular weight excluding hydrogens is 222 g/mol. The lowest BCUT2D eigenvalue weighted by molar-refractivity contribution is 0.0727. The Kier molecular flexibility index (Phi) is 4.54. The quantitative estimate of drug-likeness (QED) is 0.658. The molecule has 15 heavy (non-hydrogen) atoms. The zero-order chi connectivity index (χ0) is 11.3. The summed E-state index contributed by atoms with van der Waals surface area (Å²) in [5, 5.41) is 17.9. The summed E-state index contributed by atoms with van der Waals surface area (Å²) < 4.78 is 4.74. The molecule has 0 spiro atoms. The van der Waals surface area contributed by atoms with Crippen LogP contribution in [0.1, 0.15) is 0 Å². The van der Waals surface area contributed by atoms with Crippen molar-refractivity contribution in [3.8, 4) is 0 Å². The van der Waals surface area contributed by atoms with Gasteiger partial charge in [-0.15, -0.1) is 0 Å². The fourth-order valence-corrected chi connectivity index (χ4v) is 1.14. The Morgan fingerprint density at radius 1 is 1.80 bits per heavy atom. The van der Waals surface area contributed by atoms with Gasteiger partial charge in [-0.3, -0.25) is 4.79 Å². The van der Waals surface area contributed by atoms with Gasteiger partial charge in [0, 0.05) is 13.7 Å². The molecule has 1 atom stereocenters. The number of anilines is 1. The third kappa shape index (κ3) is 3.50. The fraction of sp³-hybridized carbons (Fsp3) is 0.500. The predicted molar refractivity (Wildman–Crippen MR) is 56.2 cm³/mol. The van der Waals surface area contributed by atoms with Crippen LogP contribution in [0.4, 0.5) is 5.69 Å². The lowest BCUT2D eigenvalue weighted by Crippen LogP contribution is -2.25. The highest BCUT2D eigenvalue weighted by Crippen LogP contribution is 2.13. The number of aromatic nitrogens is 2. The molecule has 1 aromatic heterocycles. The van der Waals surface area contributed by atoms with E-state index in [-0.39, 0.29) is 18.2 Å². The molecule has 0 radical (unpaired) electrons. The van der Waals surface area contributed by atoms with Crippen LogP contribution in [0.2, 0.25) is 5.02 Å². The molecule has 0 aliphatic carbocycles. The van der Waals surface area contributed by atoms with Crippen molar-refractivity contribution >= 4 is 17.3 Å². The monoisotopic (exact) mass is 233 g/mol. The second kappa shape index (κ2) is 5.69. The van der Waals surface area contributed by atoms with Gasteiger partial charge in [0.25, 0.3) is 5.56 Å². The average Bonchev–Trinajstić information content (AvgIpc) is 2.21. The summed E-state index contributed by atoms with van der Waals surface area (Å²) in [5.74, 6) is 0. The van der Waals surface area contributed by atoms with Crippen molar-refractivity contribution in [2.75, 3.05) is 25.6 Å². The lowest BCUT2D eigenvalue weighted by atomic mass is 10.3. The Bertz CT molecular complexity index is 368. The molecule has 7 heteroatoms. The van der Waals surface area contributed by atoms with Crippen molar-refractivity contribution in [3.63, 3.8) is 0 Å². The average molecular weight is 234 g/mol. The zero-order valence-corrected chi connectivity index (χ0v) is 8.91. The molecule has 0 amide bonds. The minimum Gasteiger partial charge on any atom is -0.389 e. The van der Waals surface area contributed by atoms with Crippen molar-refractivity contribution in [2.45, 2.75) is 6.10 Å². The summed E-state index contributed by atoms with van der Waals surface area (Å²) in [6, 6.07) is 0. The molecule has 0 bridgehead atoms. The molecule has 0 aromatic carbocycles. The number of aliphatic hydroxyl groups is 1. The summed E-state index contributed by atoms with van der Waals surface area (Å²) in [6.45, 7) is 0.444. The smallest absolute Gasteiger partial charge is 0.285 e. The van der Waals surface area contributed by atoms with Gasteiger partial charge >= 0.3 is 0 Å².